The molecule has 0 radical (unpaired) electrons. The topological polar surface area (TPSA) is 61.4 Å². The fourth-order valence-electron chi connectivity index (χ4n) is 2.88. The maximum absolute atomic E-state index is 12.2. The molecule has 0 aliphatic carbocycles. The lowest BCUT2D eigenvalue weighted by Gasteiger charge is -2.33. The molecule has 0 spiro atoms. The summed E-state index contributed by atoms with van der Waals surface area (Å²) in [6.07, 6.45) is 1.97. The number of aliphatic hydroxyl groups excluding tert-OH is 1. The monoisotopic (exact) mass is 326 g/mol. The highest BCUT2D eigenvalue weighted by Crippen LogP contribution is 2.34. The van der Waals surface area contributed by atoms with Gasteiger partial charge in [-0.05, 0) is 30.4 Å². The minimum Gasteiger partial charge on any atom is -0.396 e. The third kappa shape index (κ3) is 4.70. The molecule has 124 valence electrons. The van der Waals surface area contributed by atoms with E-state index in [1.54, 1.807) is 0 Å². The van der Waals surface area contributed by atoms with Crippen molar-refractivity contribution >= 4 is 18.3 Å². The summed E-state index contributed by atoms with van der Waals surface area (Å²) in [5, 5.41) is 15.9. The average Bonchev–Trinajstić information content (AvgIpc) is 3.02. The van der Waals surface area contributed by atoms with Crippen LogP contribution in [0.1, 0.15) is 38.2 Å². The van der Waals surface area contributed by atoms with Gasteiger partial charge in [-0.25, -0.2) is 0 Å². The van der Waals surface area contributed by atoms with Crippen LogP contribution in [0.25, 0.3) is 0 Å². The highest BCUT2D eigenvalue weighted by atomic mass is 35.5. The number of amides is 1. The Morgan fingerprint density at radius 2 is 2.09 bits per heavy atom. The van der Waals surface area contributed by atoms with E-state index in [1.807, 2.05) is 32.0 Å². The van der Waals surface area contributed by atoms with E-state index in [4.69, 9.17) is 0 Å². The number of carbonyl (C=O) groups is 1. The number of carbonyl (C=O) groups excluding carboxylic acids is 1. The van der Waals surface area contributed by atoms with E-state index < -0.39 is 0 Å². The van der Waals surface area contributed by atoms with Gasteiger partial charge in [0.1, 0.15) is 0 Å². The number of hydrogen-bond acceptors (Lipinski definition) is 3. The van der Waals surface area contributed by atoms with Gasteiger partial charge in [-0.15, -0.1) is 12.4 Å². The van der Waals surface area contributed by atoms with Crippen molar-refractivity contribution in [2.45, 2.75) is 38.6 Å². The number of rotatable bonds is 6. The highest BCUT2D eigenvalue weighted by molar-refractivity contribution is 5.85. The largest absolute Gasteiger partial charge is 0.396 e. The zero-order valence-electron chi connectivity index (χ0n) is 13.3. The molecule has 3 N–H and O–H groups in total. The predicted octanol–water partition coefficient (Wildman–Crippen LogP) is 2.08. The van der Waals surface area contributed by atoms with Crippen molar-refractivity contribution in [3.8, 4) is 0 Å². The Kier molecular flexibility index (Phi) is 7.33. The summed E-state index contributed by atoms with van der Waals surface area (Å²) < 4.78 is 0. The smallest absolute Gasteiger partial charge is 0.237 e. The summed E-state index contributed by atoms with van der Waals surface area (Å²) in [7, 11) is 0. The van der Waals surface area contributed by atoms with Crippen LogP contribution in [0.15, 0.2) is 30.3 Å². The molecule has 1 amide bonds. The zero-order chi connectivity index (χ0) is 15.3. The van der Waals surface area contributed by atoms with Crippen molar-refractivity contribution in [2.24, 2.45) is 5.41 Å². The minimum atomic E-state index is -0.280. The zero-order valence-corrected chi connectivity index (χ0v) is 14.2. The van der Waals surface area contributed by atoms with Crippen LogP contribution < -0.4 is 10.6 Å². The summed E-state index contributed by atoms with van der Waals surface area (Å²) in [6, 6.07) is 10.0. The van der Waals surface area contributed by atoms with E-state index in [9.17, 15) is 9.90 Å². The Balaban J connectivity index is 0.00000242. The molecule has 22 heavy (non-hydrogen) atoms. The Labute approximate surface area is 139 Å². The van der Waals surface area contributed by atoms with Gasteiger partial charge in [0.2, 0.25) is 5.91 Å². The van der Waals surface area contributed by atoms with Crippen LogP contribution in [0.4, 0.5) is 0 Å². The normalized spacial score (nSPS) is 19.3. The van der Waals surface area contributed by atoms with Gasteiger partial charge in [0.15, 0.2) is 0 Å². The van der Waals surface area contributed by atoms with Gasteiger partial charge in [-0.3, -0.25) is 4.79 Å². The molecule has 1 aliphatic heterocycles. The van der Waals surface area contributed by atoms with Gasteiger partial charge in [0.05, 0.1) is 6.04 Å². The molecule has 1 aromatic rings. The standard InChI is InChI=1S/C17H26N2O2.ClH/c1-17(2,12-20)14(13-7-4-3-5-8-13)11-19-16(21)15-9-6-10-18-15;/h3-5,7-8,14-15,18,20H,6,9-12H2,1-2H3,(H,19,21);1H. The van der Waals surface area contributed by atoms with Gasteiger partial charge < -0.3 is 15.7 Å². The lowest BCUT2D eigenvalue weighted by Crippen LogP contribution is -2.44. The van der Waals surface area contributed by atoms with Crippen molar-refractivity contribution in [1.29, 1.82) is 0 Å². The first kappa shape index (κ1) is 18.9. The molecule has 1 aromatic carbocycles. The molecule has 1 fully saturated rings. The third-order valence-electron chi connectivity index (χ3n) is 4.41. The lowest BCUT2D eigenvalue weighted by molar-refractivity contribution is -0.123. The van der Waals surface area contributed by atoms with Crippen LogP contribution in [0.3, 0.4) is 0 Å². The lowest BCUT2D eigenvalue weighted by atomic mass is 9.75. The molecule has 2 atom stereocenters. The van der Waals surface area contributed by atoms with Gasteiger partial charge in [-0.1, -0.05) is 44.2 Å². The fourth-order valence-corrected chi connectivity index (χ4v) is 2.88. The van der Waals surface area contributed by atoms with E-state index in [-0.39, 0.29) is 42.3 Å². The molecule has 0 bridgehead atoms. The maximum Gasteiger partial charge on any atom is 0.237 e. The molecular weight excluding hydrogens is 300 g/mol. The molecule has 4 nitrogen and oxygen atoms in total. The maximum atomic E-state index is 12.2. The number of aliphatic hydroxyl groups is 1. The molecule has 1 heterocycles. The van der Waals surface area contributed by atoms with Crippen molar-refractivity contribution in [3.63, 3.8) is 0 Å². The predicted molar refractivity (Wildman–Crippen MR) is 91.3 cm³/mol. The minimum absolute atomic E-state index is 0. The first-order valence-electron chi connectivity index (χ1n) is 7.71. The van der Waals surface area contributed by atoms with Crippen LogP contribution >= 0.6 is 12.4 Å². The second kappa shape index (κ2) is 8.51. The summed E-state index contributed by atoms with van der Waals surface area (Å²) >= 11 is 0. The average molecular weight is 327 g/mol. The van der Waals surface area contributed by atoms with Crippen LogP contribution in [0.5, 0.6) is 0 Å². The fraction of sp³-hybridized carbons (Fsp3) is 0.588. The van der Waals surface area contributed by atoms with Crippen molar-refractivity contribution in [2.75, 3.05) is 19.7 Å². The van der Waals surface area contributed by atoms with Gasteiger partial charge in [0.25, 0.3) is 0 Å². The molecular formula is C17H27ClN2O2. The molecule has 2 rings (SSSR count). The Morgan fingerprint density at radius 1 is 1.41 bits per heavy atom. The van der Waals surface area contributed by atoms with Crippen LogP contribution in [0.2, 0.25) is 0 Å². The molecule has 1 aliphatic rings. The van der Waals surface area contributed by atoms with Gasteiger partial charge in [0, 0.05) is 19.1 Å². The second-order valence-electron chi connectivity index (χ2n) is 6.50. The highest BCUT2D eigenvalue weighted by Gasteiger charge is 2.31. The van der Waals surface area contributed by atoms with E-state index in [0.29, 0.717) is 6.54 Å². The van der Waals surface area contributed by atoms with Gasteiger partial charge in [-0.2, -0.15) is 0 Å². The molecule has 0 aromatic heterocycles. The van der Waals surface area contributed by atoms with Crippen LogP contribution in [-0.4, -0.2) is 36.8 Å². The molecule has 1 saturated heterocycles. The van der Waals surface area contributed by atoms with Crippen molar-refractivity contribution < 1.29 is 9.90 Å². The number of nitrogens with one attached hydrogen (secondary N) is 2. The van der Waals surface area contributed by atoms with E-state index >= 15 is 0 Å². The van der Waals surface area contributed by atoms with Gasteiger partial charge >= 0.3 is 0 Å². The molecule has 2 unspecified atom stereocenters. The van der Waals surface area contributed by atoms with E-state index in [0.717, 1.165) is 24.9 Å². The summed E-state index contributed by atoms with van der Waals surface area (Å²) in [6.45, 7) is 5.62. The summed E-state index contributed by atoms with van der Waals surface area (Å²) in [5.74, 6) is 0.163. The first-order valence-corrected chi connectivity index (χ1v) is 7.71. The summed E-state index contributed by atoms with van der Waals surface area (Å²) in [5.41, 5.74) is 0.869. The summed E-state index contributed by atoms with van der Waals surface area (Å²) in [4.78, 5) is 12.2. The third-order valence-corrected chi connectivity index (χ3v) is 4.41. The Hall–Kier alpha value is -1.10. The molecule has 0 saturated carbocycles. The Bertz CT molecular complexity index is 459. The molecule has 5 heteroatoms. The second-order valence-corrected chi connectivity index (χ2v) is 6.50. The van der Waals surface area contributed by atoms with E-state index in [1.165, 1.54) is 0 Å². The first-order chi connectivity index (χ1) is 10.0. The van der Waals surface area contributed by atoms with E-state index in [2.05, 4.69) is 22.8 Å². The number of benzene rings is 1. The van der Waals surface area contributed by atoms with Crippen LogP contribution in [-0.2, 0) is 4.79 Å². The number of halogens is 1. The number of hydrogen-bond donors (Lipinski definition) is 3. The Morgan fingerprint density at radius 3 is 2.64 bits per heavy atom. The van der Waals surface area contributed by atoms with Crippen LogP contribution in [0, 0.1) is 5.41 Å². The van der Waals surface area contributed by atoms with Crippen molar-refractivity contribution in [3.05, 3.63) is 35.9 Å². The quantitative estimate of drug-likeness (QED) is 0.750. The van der Waals surface area contributed by atoms with Crippen molar-refractivity contribution in [1.82, 2.24) is 10.6 Å². The SMILES string of the molecule is CC(C)(CO)C(CNC(=O)C1CCCN1)c1ccccc1.Cl.